The minimum absolute atomic E-state index is 0.0925. The van der Waals surface area contributed by atoms with Crippen molar-refractivity contribution in [2.24, 2.45) is 0 Å². The lowest BCUT2D eigenvalue weighted by Gasteiger charge is -2.28. The van der Waals surface area contributed by atoms with Gasteiger partial charge in [0.15, 0.2) is 6.79 Å². The van der Waals surface area contributed by atoms with Crippen LogP contribution in [-0.4, -0.2) is 23.5 Å². The molecule has 1 atom stereocenters. The quantitative estimate of drug-likeness (QED) is 0.607. The summed E-state index contributed by atoms with van der Waals surface area (Å²) < 4.78 is 12.2. The predicted molar refractivity (Wildman–Crippen MR) is 74.2 cm³/mol. The summed E-state index contributed by atoms with van der Waals surface area (Å²) in [5.74, 6) is 0. The average Bonchev–Trinajstić information content (AvgIpc) is 2.94. The van der Waals surface area contributed by atoms with Gasteiger partial charge in [-0.2, -0.15) is 0 Å². The van der Waals surface area contributed by atoms with Crippen molar-refractivity contribution in [3.63, 3.8) is 0 Å². The van der Waals surface area contributed by atoms with Gasteiger partial charge in [-0.1, -0.05) is 35.3 Å². The molecule has 0 amide bonds. The molecular weight excluding hydrogens is 287 g/mol. The number of hydrogen-bond donors (Lipinski definition) is 0. The lowest BCUT2D eigenvalue weighted by molar-refractivity contribution is -0.126. The molecule has 6 heteroatoms. The van der Waals surface area contributed by atoms with E-state index in [1.165, 1.54) is 0 Å². The van der Waals surface area contributed by atoms with Crippen LogP contribution in [0, 0.1) is 0 Å². The number of methoxy groups -OCH3 is 1. The first kappa shape index (κ1) is 14.3. The molecule has 1 unspecified atom stereocenters. The largest absolute Gasteiger partial charge is 0.358 e. The maximum atomic E-state index is 6.55. The van der Waals surface area contributed by atoms with Gasteiger partial charge in [0.05, 0.1) is 6.33 Å². The second-order valence-electron chi connectivity index (χ2n) is 4.01. The van der Waals surface area contributed by atoms with Crippen LogP contribution in [0.1, 0.15) is 5.56 Å². The molecule has 4 nitrogen and oxygen atoms in total. The molecule has 0 aliphatic heterocycles. The highest BCUT2D eigenvalue weighted by molar-refractivity contribution is 6.30. The van der Waals surface area contributed by atoms with Crippen molar-refractivity contribution in [3.8, 4) is 0 Å². The van der Waals surface area contributed by atoms with Crippen molar-refractivity contribution in [2.45, 2.75) is 11.6 Å². The number of nitrogens with zero attached hydrogens (tertiary/aromatic N) is 2. The molecule has 1 heterocycles. The first-order chi connectivity index (χ1) is 9.14. The third kappa shape index (κ3) is 3.70. The fourth-order valence-electron chi connectivity index (χ4n) is 1.68. The standard InChI is InChI=1S/C13H14Cl2N2O2/c1-18-10-19-13(15,17-7-6-16-9-17)8-11-2-4-12(14)5-3-11/h2-7,9H,8,10H2,1H3. The fraction of sp³-hybridized carbons (Fsp3) is 0.308. The first-order valence-electron chi connectivity index (χ1n) is 5.69. The summed E-state index contributed by atoms with van der Waals surface area (Å²) in [4.78, 5) is 3.99. The SMILES string of the molecule is COCOC(Cl)(Cc1ccc(Cl)cc1)n1ccnc1. The molecule has 2 rings (SSSR count). The van der Waals surface area contributed by atoms with Crippen molar-refractivity contribution in [2.75, 3.05) is 13.9 Å². The van der Waals surface area contributed by atoms with E-state index in [1.807, 2.05) is 24.3 Å². The monoisotopic (exact) mass is 300 g/mol. The van der Waals surface area contributed by atoms with E-state index in [4.69, 9.17) is 32.7 Å². The summed E-state index contributed by atoms with van der Waals surface area (Å²) >= 11 is 12.4. The van der Waals surface area contributed by atoms with Crippen LogP contribution in [0.4, 0.5) is 0 Å². The Morgan fingerprint density at radius 3 is 2.63 bits per heavy atom. The van der Waals surface area contributed by atoms with Gasteiger partial charge in [-0.05, 0) is 17.7 Å². The van der Waals surface area contributed by atoms with Gasteiger partial charge in [0.1, 0.15) is 0 Å². The molecule has 0 fully saturated rings. The van der Waals surface area contributed by atoms with E-state index >= 15 is 0 Å². The van der Waals surface area contributed by atoms with Gasteiger partial charge in [0.2, 0.25) is 5.18 Å². The van der Waals surface area contributed by atoms with E-state index in [9.17, 15) is 0 Å². The van der Waals surface area contributed by atoms with Crippen LogP contribution >= 0.6 is 23.2 Å². The lowest BCUT2D eigenvalue weighted by atomic mass is 10.1. The van der Waals surface area contributed by atoms with Crippen LogP contribution < -0.4 is 0 Å². The minimum atomic E-state index is -1.07. The Balaban J connectivity index is 2.20. The van der Waals surface area contributed by atoms with Crippen molar-refractivity contribution < 1.29 is 9.47 Å². The minimum Gasteiger partial charge on any atom is -0.358 e. The normalized spacial score (nSPS) is 14.3. The number of ether oxygens (including phenoxy) is 2. The molecule has 0 saturated heterocycles. The topological polar surface area (TPSA) is 36.3 Å². The molecule has 0 N–H and O–H groups in total. The molecule has 0 bridgehead atoms. The molecule has 1 aromatic heterocycles. The van der Waals surface area contributed by atoms with Crippen molar-refractivity contribution in [3.05, 3.63) is 53.6 Å². The molecule has 19 heavy (non-hydrogen) atoms. The second kappa shape index (κ2) is 6.39. The van der Waals surface area contributed by atoms with E-state index in [2.05, 4.69) is 4.98 Å². The molecule has 0 spiro atoms. The third-order valence-electron chi connectivity index (χ3n) is 2.62. The zero-order valence-electron chi connectivity index (χ0n) is 10.4. The summed E-state index contributed by atoms with van der Waals surface area (Å²) in [7, 11) is 1.55. The molecular formula is C13H14Cl2N2O2. The molecule has 0 aliphatic carbocycles. The highest BCUT2D eigenvalue weighted by Crippen LogP contribution is 2.29. The Labute approximate surface area is 121 Å². The zero-order valence-corrected chi connectivity index (χ0v) is 11.9. The van der Waals surface area contributed by atoms with E-state index in [1.54, 1.807) is 30.4 Å². The van der Waals surface area contributed by atoms with Crippen LogP contribution in [0.3, 0.4) is 0 Å². The van der Waals surface area contributed by atoms with Gasteiger partial charge in [0, 0.05) is 30.9 Å². The Morgan fingerprint density at radius 2 is 2.05 bits per heavy atom. The average molecular weight is 301 g/mol. The smallest absolute Gasteiger partial charge is 0.229 e. The second-order valence-corrected chi connectivity index (χ2v) is 5.04. The highest BCUT2D eigenvalue weighted by Gasteiger charge is 2.30. The van der Waals surface area contributed by atoms with Crippen LogP contribution in [0.2, 0.25) is 5.02 Å². The molecule has 2 aromatic rings. The number of benzene rings is 1. The van der Waals surface area contributed by atoms with Gasteiger partial charge in [-0.15, -0.1) is 0 Å². The highest BCUT2D eigenvalue weighted by atomic mass is 35.5. The van der Waals surface area contributed by atoms with Gasteiger partial charge >= 0.3 is 0 Å². The van der Waals surface area contributed by atoms with Gasteiger partial charge in [0.25, 0.3) is 0 Å². The summed E-state index contributed by atoms with van der Waals surface area (Å²) in [5, 5.41) is -0.385. The first-order valence-corrected chi connectivity index (χ1v) is 6.44. The zero-order chi connectivity index (χ0) is 13.7. The maximum Gasteiger partial charge on any atom is 0.229 e. The Morgan fingerprint density at radius 1 is 1.32 bits per heavy atom. The number of imidazole rings is 1. The van der Waals surface area contributed by atoms with Crippen LogP contribution in [-0.2, 0) is 21.1 Å². The van der Waals surface area contributed by atoms with Gasteiger partial charge < -0.3 is 9.47 Å². The summed E-state index contributed by atoms with van der Waals surface area (Å²) in [5.41, 5.74) is 1.00. The summed E-state index contributed by atoms with van der Waals surface area (Å²) in [6.45, 7) is 0.0925. The lowest BCUT2D eigenvalue weighted by Crippen LogP contribution is -2.33. The third-order valence-corrected chi connectivity index (χ3v) is 3.31. The van der Waals surface area contributed by atoms with E-state index in [0.717, 1.165) is 5.56 Å². The number of alkyl halides is 1. The van der Waals surface area contributed by atoms with E-state index < -0.39 is 5.18 Å². The Bertz CT molecular complexity index is 502. The van der Waals surface area contributed by atoms with Gasteiger partial charge in [-0.3, -0.25) is 4.57 Å². The van der Waals surface area contributed by atoms with Crippen LogP contribution in [0.25, 0.3) is 0 Å². The molecule has 1 aromatic carbocycles. The predicted octanol–water partition coefficient (Wildman–Crippen LogP) is 3.25. The van der Waals surface area contributed by atoms with E-state index in [0.29, 0.717) is 11.4 Å². The molecule has 0 saturated carbocycles. The van der Waals surface area contributed by atoms with E-state index in [-0.39, 0.29) is 6.79 Å². The molecule has 0 radical (unpaired) electrons. The van der Waals surface area contributed by atoms with Gasteiger partial charge in [-0.25, -0.2) is 4.98 Å². The van der Waals surface area contributed by atoms with Crippen LogP contribution in [0.15, 0.2) is 43.0 Å². The summed E-state index contributed by atoms with van der Waals surface area (Å²) in [6.07, 6.45) is 5.47. The number of aromatic nitrogens is 2. The summed E-state index contributed by atoms with van der Waals surface area (Å²) in [6, 6.07) is 7.45. The number of hydrogen-bond acceptors (Lipinski definition) is 3. The van der Waals surface area contributed by atoms with Crippen molar-refractivity contribution in [1.29, 1.82) is 0 Å². The molecule has 0 aliphatic rings. The Kier molecular flexibility index (Phi) is 4.82. The Hall–Kier alpha value is -1.07. The number of rotatable bonds is 6. The fourth-order valence-corrected chi connectivity index (χ4v) is 2.10. The number of halogens is 2. The maximum absolute atomic E-state index is 6.55. The van der Waals surface area contributed by atoms with Crippen molar-refractivity contribution >= 4 is 23.2 Å². The van der Waals surface area contributed by atoms with Crippen LogP contribution in [0.5, 0.6) is 0 Å². The molecule has 102 valence electrons. The van der Waals surface area contributed by atoms with Crippen molar-refractivity contribution in [1.82, 2.24) is 9.55 Å².